The third kappa shape index (κ3) is 4.82. The Labute approximate surface area is 148 Å². The minimum atomic E-state index is 0.0358. The van der Waals surface area contributed by atoms with E-state index in [4.69, 9.17) is 23.8 Å². The normalized spacial score (nSPS) is 17.7. The van der Waals surface area contributed by atoms with E-state index in [1.807, 2.05) is 43.0 Å². The fraction of sp³-hybridized carbons (Fsp3) is 0.529. The summed E-state index contributed by atoms with van der Waals surface area (Å²) in [6.45, 7) is 7.15. The summed E-state index contributed by atoms with van der Waals surface area (Å²) in [6, 6.07) is 7.46. The first-order valence-corrected chi connectivity index (χ1v) is 8.94. The molecule has 0 spiro atoms. The van der Waals surface area contributed by atoms with Gasteiger partial charge in [-0.05, 0) is 63.2 Å². The molecular formula is C17H24ClN3OS. The number of hydrogen-bond acceptors (Lipinski definition) is 2. The third-order valence-corrected chi connectivity index (χ3v) is 4.84. The van der Waals surface area contributed by atoms with Crippen LogP contribution in [0.5, 0.6) is 0 Å². The first-order valence-electron chi connectivity index (χ1n) is 8.15. The summed E-state index contributed by atoms with van der Waals surface area (Å²) in [5, 5.41) is 4.60. The van der Waals surface area contributed by atoms with Crippen molar-refractivity contribution in [2.75, 3.05) is 31.5 Å². The van der Waals surface area contributed by atoms with Gasteiger partial charge in [-0.15, -0.1) is 0 Å². The van der Waals surface area contributed by atoms with Gasteiger partial charge in [0, 0.05) is 36.9 Å². The lowest BCUT2D eigenvalue weighted by molar-refractivity contribution is -0.136. The maximum absolute atomic E-state index is 12.5. The van der Waals surface area contributed by atoms with Crippen molar-refractivity contribution >= 4 is 40.5 Å². The number of nitrogens with one attached hydrogen (secondary N) is 1. The second kappa shape index (κ2) is 8.50. The summed E-state index contributed by atoms with van der Waals surface area (Å²) in [6.07, 6.45) is 1.93. The number of hydrogen-bond donors (Lipinski definition) is 1. The van der Waals surface area contributed by atoms with Crippen LogP contribution in [-0.4, -0.2) is 47.0 Å². The number of likely N-dealkylation sites (tertiary alicyclic amines) is 1. The van der Waals surface area contributed by atoms with Gasteiger partial charge in [-0.2, -0.15) is 0 Å². The molecule has 2 rings (SSSR count). The zero-order valence-electron chi connectivity index (χ0n) is 13.7. The van der Waals surface area contributed by atoms with Crippen molar-refractivity contribution in [3.63, 3.8) is 0 Å². The maximum Gasteiger partial charge on any atom is 0.227 e. The van der Waals surface area contributed by atoms with Crippen molar-refractivity contribution in [3.8, 4) is 0 Å². The summed E-state index contributed by atoms with van der Waals surface area (Å²) in [7, 11) is 0. The van der Waals surface area contributed by atoms with Gasteiger partial charge in [-0.25, -0.2) is 0 Å². The molecule has 1 heterocycles. The molecule has 0 aromatic heterocycles. The molecule has 1 atom stereocenters. The molecule has 6 heteroatoms. The zero-order chi connectivity index (χ0) is 16.8. The van der Waals surface area contributed by atoms with Gasteiger partial charge in [0.1, 0.15) is 0 Å². The molecule has 1 aromatic carbocycles. The standard InChI is InChI=1S/C17H24ClN3OS/c1-3-20(4-2)16(22)13-6-5-11-21(12-13)17(23)19-15-9-7-14(18)8-10-15/h7-10,13H,3-6,11-12H2,1-2H3,(H,19,23)/t13-/m0/s1. The van der Waals surface area contributed by atoms with Crippen LogP contribution < -0.4 is 5.32 Å². The highest BCUT2D eigenvalue weighted by molar-refractivity contribution is 7.80. The number of benzene rings is 1. The minimum absolute atomic E-state index is 0.0358. The molecule has 23 heavy (non-hydrogen) atoms. The van der Waals surface area contributed by atoms with Crippen LogP contribution in [0.4, 0.5) is 5.69 Å². The van der Waals surface area contributed by atoms with Gasteiger partial charge < -0.3 is 15.1 Å². The van der Waals surface area contributed by atoms with E-state index in [1.54, 1.807) is 0 Å². The van der Waals surface area contributed by atoms with Crippen molar-refractivity contribution in [2.24, 2.45) is 5.92 Å². The zero-order valence-corrected chi connectivity index (χ0v) is 15.3. The summed E-state index contributed by atoms with van der Waals surface area (Å²) in [5.41, 5.74) is 0.914. The molecule has 126 valence electrons. The molecule has 0 radical (unpaired) electrons. The van der Waals surface area contributed by atoms with Gasteiger partial charge in [-0.3, -0.25) is 4.79 Å². The SMILES string of the molecule is CCN(CC)C(=O)[C@H]1CCCN(C(=S)Nc2ccc(Cl)cc2)C1. The molecule has 0 unspecified atom stereocenters. The fourth-order valence-corrected chi connectivity index (χ4v) is 3.30. The summed E-state index contributed by atoms with van der Waals surface area (Å²) >= 11 is 11.4. The Morgan fingerprint density at radius 2 is 2.00 bits per heavy atom. The van der Waals surface area contributed by atoms with Gasteiger partial charge in [0.2, 0.25) is 5.91 Å². The predicted octanol–water partition coefficient (Wildman–Crippen LogP) is 3.62. The summed E-state index contributed by atoms with van der Waals surface area (Å²) in [4.78, 5) is 16.5. The molecule has 0 aliphatic carbocycles. The van der Waals surface area contributed by atoms with Crippen LogP contribution in [0.25, 0.3) is 0 Å². The lowest BCUT2D eigenvalue weighted by Gasteiger charge is -2.36. The van der Waals surface area contributed by atoms with E-state index in [2.05, 4.69) is 10.2 Å². The Hall–Kier alpha value is -1.33. The Balaban J connectivity index is 1.96. The van der Waals surface area contributed by atoms with Crippen molar-refractivity contribution < 1.29 is 4.79 Å². The first-order chi connectivity index (χ1) is 11.0. The van der Waals surface area contributed by atoms with Crippen LogP contribution in [0, 0.1) is 5.92 Å². The van der Waals surface area contributed by atoms with Gasteiger partial charge in [-0.1, -0.05) is 11.6 Å². The number of carbonyl (C=O) groups excluding carboxylic acids is 1. The molecule has 1 aliphatic heterocycles. The number of halogens is 1. The van der Waals surface area contributed by atoms with Crippen LogP contribution in [-0.2, 0) is 4.79 Å². The molecule has 0 bridgehead atoms. The molecule has 1 N–H and O–H groups in total. The van der Waals surface area contributed by atoms with Crippen LogP contribution in [0.15, 0.2) is 24.3 Å². The number of nitrogens with zero attached hydrogens (tertiary/aromatic N) is 2. The molecule has 1 amide bonds. The summed E-state index contributed by atoms with van der Waals surface area (Å²) in [5.74, 6) is 0.280. The van der Waals surface area contributed by atoms with Crippen LogP contribution in [0.2, 0.25) is 5.02 Å². The van der Waals surface area contributed by atoms with Gasteiger partial charge in [0.15, 0.2) is 5.11 Å². The summed E-state index contributed by atoms with van der Waals surface area (Å²) < 4.78 is 0. The van der Waals surface area contributed by atoms with E-state index in [0.29, 0.717) is 16.7 Å². The number of thiocarbonyl (C=S) groups is 1. The molecule has 1 aromatic rings. The highest BCUT2D eigenvalue weighted by Crippen LogP contribution is 2.20. The highest BCUT2D eigenvalue weighted by atomic mass is 35.5. The fourth-order valence-electron chi connectivity index (χ4n) is 2.89. The average molecular weight is 354 g/mol. The van der Waals surface area contributed by atoms with Crippen LogP contribution >= 0.6 is 23.8 Å². The minimum Gasteiger partial charge on any atom is -0.348 e. The number of carbonyl (C=O) groups is 1. The smallest absolute Gasteiger partial charge is 0.227 e. The van der Waals surface area contributed by atoms with Crippen LogP contribution in [0.3, 0.4) is 0 Å². The number of anilines is 1. The monoisotopic (exact) mass is 353 g/mol. The molecule has 1 saturated heterocycles. The topological polar surface area (TPSA) is 35.6 Å². The number of rotatable bonds is 4. The second-order valence-corrected chi connectivity index (χ2v) is 6.56. The first kappa shape index (κ1) is 18.0. The van der Waals surface area contributed by atoms with E-state index in [9.17, 15) is 4.79 Å². The molecule has 4 nitrogen and oxygen atoms in total. The van der Waals surface area contributed by atoms with Crippen molar-refractivity contribution in [3.05, 3.63) is 29.3 Å². The lowest BCUT2D eigenvalue weighted by Crippen LogP contribution is -2.47. The third-order valence-electron chi connectivity index (χ3n) is 4.23. The van der Waals surface area contributed by atoms with Gasteiger partial charge in [0.25, 0.3) is 0 Å². The Bertz CT molecular complexity index is 545. The number of piperidine rings is 1. The average Bonchev–Trinajstić information content (AvgIpc) is 2.58. The largest absolute Gasteiger partial charge is 0.348 e. The molecule has 1 aliphatic rings. The van der Waals surface area contributed by atoms with Crippen molar-refractivity contribution in [1.29, 1.82) is 0 Å². The number of amides is 1. The Morgan fingerprint density at radius 1 is 1.35 bits per heavy atom. The quantitative estimate of drug-likeness (QED) is 0.839. The van der Waals surface area contributed by atoms with E-state index >= 15 is 0 Å². The van der Waals surface area contributed by atoms with E-state index < -0.39 is 0 Å². The van der Waals surface area contributed by atoms with Gasteiger partial charge >= 0.3 is 0 Å². The Morgan fingerprint density at radius 3 is 2.61 bits per heavy atom. The molecular weight excluding hydrogens is 330 g/mol. The second-order valence-electron chi connectivity index (χ2n) is 5.73. The maximum atomic E-state index is 12.5. The van der Waals surface area contributed by atoms with Gasteiger partial charge in [0.05, 0.1) is 5.92 Å². The molecule has 1 fully saturated rings. The van der Waals surface area contributed by atoms with Crippen molar-refractivity contribution in [2.45, 2.75) is 26.7 Å². The molecule has 0 saturated carbocycles. The van der Waals surface area contributed by atoms with Crippen molar-refractivity contribution in [1.82, 2.24) is 9.80 Å². The Kier molecular flexibility index (Phi) is 6.66. The predicted molar refractivity (Wildman–Crippen MR) is 99.9 cm³/mol. The lowest BCUT2D eigenvalue weighted by atomic mass is 9.96. The van der Waals surface area contributed by atoms with E-state index in [0.717, 1.165) is 38.2 Å². The van der Waals surface area contributed by atoms with E-state index in [-0.39, 0.29) is 11.8 Å². The highest BCUT2D eigenvalue weighted by Gasteiger charge is 2.29. The van der Waals surface area contributed by atoms with E-state index in [1.165, 1.54) is 0 Å². The van der Waals surface area contributed by atoms with Crippen LogP contribution in [0.1, 0.15) is 26.7 Å².